The van der Waals surface area contributed by atoms with Gasteiger partial charge < -0.3 is 24.0 Å². The molecule has 0 atom stereocenters. The van der Waals surface area contributed by atoms with Crippen LogP contribution in [0.15, 0.2) is 63.9 Å². The van der Waals surface area contributed by atoms with Crippen molar-refractivity contribution in [1.82, 2.24) is 20.2 Å². The number of nitrogens with one attached hydrogen (secondary N) is 1. The number of imidazole rings is 1. The smallest absolute Gasteiger partial charge is 0.345 e. The maximum atomic E-state index is 12.3. The largest absolute Gasteiger partial charge is 0.510 e. The number of nitrogens with zero attached hydrogens (tertiary/aromatic N) is 3. The molecule has 10 heteroatoms. The van der Waals surface area contributed by atoms with E-state index in [0.717, 1.165) is 22.8 Å². The zero-order valence-electron chi connectivity index (χ0n) is 17.4. The summed E-state index contributed by atoms with van der Waals surface area (Å²) in [6.07, 6.45) is 0. The number of aliphatic hydroxyl groups is 1. The minimum atomic E-state index is -0.708. The SMILES string of the molecule is COC(=O)/C(=C(/O)CSc1nnc(COc2cccc(C)c2)o1)c1nc2ccccc2[nH]1. The molecule has 2 aromatic heterocycles. The third-order valence-corrected chi connectivity index (χ3v) is 5.27. The lowest BCUT2D eigenvalue weighted by Crippen LogP contribution is -2.09. The van der Waals surface area contributed by atoms with E-state index in [1.54, 1.807) is 6.07 Å². The first-order valence-electron chi connectivity index (χ1n) is 9.63. The molecule has 0 unspecified atom stereocenters. The summed E-state index contributed by atoms with van der Waals surface area (Å²) in [6, 6.07) is 14.9. The zero-order valence-corrected chi connectivity index (χ0v) is 18.2. The molecule has 2 N–H and O–H groups in total. The molecule has 164 valence electrons. The number of para-hydroxylation sites is 2. The van der Waals surface area contributed by atoms with Crippen molar-refractivity contribution in [2.24, 2.45) is 0 Å². The van der Waals surface area contributed by atoms with E-state index in [1.165, 1.54) is 7.11 Å². The number of aromatic amines is 1. The molecule has 32 heavy (non-hydrogen) atoms. The monoisotopic (exact) mass is 452 g/mol. The number of thioether (sulfide) groups is 1. The average molecular weight is 452 g/mol. The summed E-state index contributed by atoms with van der Waals surface area (Å²) in [4.78, 5) is 19.7. The Kier molecular flexibility index (Phi) is 6.41. The molecule has 4 rings (SSSR count). The number of fused-ring (bicyclic) bond motifs is 1. The fourth-order valence-electron chi connectivity index (χ4n) is 2.93. The molecule has 0 aliphatic carbocycles. The van der Waals surface area contributed by atoms with Gasteiger partial charge in [-0.05, 0) is 36.8 Å². The van der Waals surface area contributed by atoms with Gasteiger partial charge >= 0.3 is 5.97 Å². The van der Waals surface area contributed by atoms with E-state index in [0.29, 0.717) is 17.2 Å². The number of carbonyl (C=O) groups excluding carboxylic acids is 1. The molecular weight excluding hydrogens is 432 g/mol. The van der Waals surface area contributed by atoms with Gasteiger partial charge in [-0.1, -0.05) is 36.0 Å². The highest BCUT2D eigenvalue weighted by Gasteiger charge is 2.22. The van der Waals surface area contributed by atoms with Crippen molar-refractivity contribution in [2.45, 2.75) is 18.8 Å². The van der Waals surface area contributed by atoms with Gasteiger partial charge in [-0.2, -0.15) is 0 Å². The van der Waals surface area contributed by atoms with Crippen molar-refractivity contribution in [3.63, 3.8) is 0 Å². The Bertz CT molecular complexity index is 1250. The second kappa shape index (κ2) is 9.56. The van der Waals surface area contributed by atoms with Crippen LogP contribution in [0.5, 0.6) is 5.75 Å². The number of aliphatic hydroxyl groups excluding tert-OH is 1. The topological polar surface area (TPSA) is 123 Å². The molecule has 0 bridgehead atoms. The van der Waals surface area contributed by atoms with Crippen LogP contribution in [-0.2, 0) is 16.1 Å². The molecule has 0 radical (unpaired) electrons. The molecule has 0 spiro atoms. The third kappa shape index (κ3) is 4.92. The first-order valence-corrected chi connectivity index (χ1v) is 10.6. The Balaban J connectivity index is 1.45. The number of carbonyl (C=O) groups is 1. The van der Waals surface area contributed by atoms with Crippen LogP contribution >= 0.6 is 11.8 Å². The van der Waals surface area contributed by atoms with Gasteiger partial charge in [-0.3, -0.25) is 0 Å². The summed E-state index contributed by atoms with van der Waals surface area (Å²) in [5.41, 5.74) is 2.43. The van der Waals surface area contributed by atoms with Gasteiger partial charge in [0.05, 0.1) is 23.9 Å². The predicted molar refractivity (Wildman–Crippen MR) is 118 cm³/mol. The van der Waals surface area contributed by atoms with E-state index in [4.69, 9.17) is 13.9 Å². The van der Waals surface area contributed by atoms with Crippen molar-refractivity contribution in [2.75, 3.05) is 12.9 Å². The highest BCUT2D eigenvalue weighted by molar-refractivity contribution is 7.99. The minimum Gasteiger partial charge on any atom is -0.510 e. The van der Waals surface area contributed by atoms with E-state index >= 15 is 0 Å². The maximum absolute atomic E-state index is 12.3. The van der Waals surface area contributed by atoms with Crippen LogP contribution in [0.25, 0.3) is 16.6 Å². The van der Waals surface area contributed by atoms with Crippen LogP contribution in [0.3, 0.4) is 0 Å². The Morgan fingerprint density at radius 2 is 2.03 bits per heavy atom. The van der Waals surface area contributed by atoms with Gasteiger partial charge in [0, 0.05) is 0 Å². The molecule has 2 heterocycles. The van der Waals surface area contributed by atoms with Gasteiger partial charge in [0.15, 0.2) is 6.61 Å². The summed E-state index contributed by atoms with van der Waals surface area (Å²) in [7, 11) is 1.24. The van der Waals surface area contributed by atoms with Crippen molar-refractivity contribution in [1.29, 1.82) is 0 Å². The number of benzene rings is 2. The Labute approximate surface area is 187 Å². The lowest BCUT2D eigenvalue weighted by Gasteiger charge is -2.06. The van der Waals surface area contributed by atoms with Crippen LogP contribution in [0.2, 0.25) is 0 Å². The summed E-state index contributed by atoms with van der Waals surface area (Å²) in [5.74, 6) is 0.280. The Morgan fingerprint density at radius 3 is 2.81 bits per heavy atom. The lowest BCUT2D eigenvalue weighted by atomic mass is 10.2. The number of hydrogen-bond donors (Lipinski definition) is 2. The molecule has 0 aliphatic rings. The number of aryl methyl sites for hydroxylation is 1. The average Bonchev–Trinajstić information content (AvgIpc) is 3.43. The van der Waals surface area contributed by atoms with E-state index in [-0.39, 0.29) is 34.7 Å². The second-order valence-electron chi connectivity index (χ2n) is 6.77. The third-order valence-electron chi connectivity index (χ3n) is 4.44. The highest BCUT2D eigenvalue weighted by atomic mass is 32.2. The Hall–Kier alpha value is -3.79. The lowest BCUT2D eigenvalue weighted by molar-refractivity contribution is -0.133. The van der Waals surface area contributed by atoms with Crippen LogP contribution in [0.4, 0.5) is 0 Å². The summed E-state index contributed by atoms with van der Waals surface area (Å²) < 4.78 is 16.0. The number of esters is 1. The number of rotatable bonds is 8. The van der Waals surface area contributed by atoms with Crippen LogP contribution < -0.4 is 4.74 Å². The van der Waals surface area contributed by atoms with Crippen molar-refractivity contribution < 1.29 is 23.8 Å². The van der Waals surface area contributed by atoms with Crippen LogP contribution in [-0.4, -0.2) is 44.1 Å². The minimum absolute atomic E-state index is 0.00183. The quantitative estimate of drug-likeness (QED) is 0.176. The highest BCUT2D eigenvalue weighted by Crippen LogP contribution is 2.25. The van der Waals surface area contributed by atoms with Crippen molar-refractivity contribution >= 4 is 34.3 Å². The van der Waals surface area contributed by atoms with Gasteiger partial charge in [-0.25, -0.2) is 9.78 Å². The van der Waals surface area contributed by atoms with E-state index < -0.39 is 5.97 Å². The fraction of sp³-hybridized carbons (Fsp3) is 0.182. The van der Waals surface area contributed by atoms with Crippen LogP contribution in [0, 0.1) is 6.92 Å². The number of hydrogen-bond acceptors (Lipinski definition) is 9. The van der Waals surface area contributed by atoms with E-state index in [2.05, 4.69) is 20.2 Å². The maximum Gasteiger partial charge on any atom is 0.345 e. The van der Waals surface area contributed by atoms with Gasteiger partial charge in [-0.15, -0.1) is 10.2 Å². The first-order chi connectivity index (χ1) is 15.5. The van der Waals surface area contributed by atoms with E-state index in [9.17, 15) is 9.90 Å². The van der Waals surface area contributed by atoms with E-state index in [1.807, 2.05) is 49.4 Å². The molecular formula is C22H20N4O5S. The molecule has 0 fully saturated rings. The van der Waals surface area contributed by atoms with Crippen molar-refractivity contribution in [3.8, 4) is 5.75 Å². The molecule has 0 saturated heterocycles. The van der Waals surface area contributed by atoms with Gasteiger partial charge in [0.25, 0.3) is 11.1 Å². The molecule has 2 aromatic carbocycles. The number of ether oxygens (including phenoxy) is 2. The summed E-state index contributed by atoms with van der Waals surface area (Å²) in [6.45, 7) is 2.09. The molecule has 4 aromatic rings. The first kappa shape index (κ1) is 21.4. The number of aromatic nitrogens is 4. The summed E-state index contributed by atoms with van der Waals surface area (Å²) >= 11 is 1.08. The Morgan fingerprint density at radius 1 is 1.19 bits per heavy atom. The predicted octanol–water partition coefficient (Wildman–Crippen LogP) is 4.07. The molecule has 0 saturated carbocycles. The van der Waals surface area contributed by atoms with Gasteiger partial charge in [0.1, 0.15) is 22.9 Å². The molecule has 9 nitrogen and oxygen atoms in total. The normalized spacial score (nSPS) is 11.9. The molecule has 0 amide bonds. The van der Waals surface area contributed by atoms with Gasteiger partial charge in [0.2, 0.25) is 0 Å². The molecule has 0 aliphatic heterocycles. The standard InChI is InChI=1S/C22H20N4O5S/c1-13-6-5-7-14(10-13)30-11-18-25-26-22(31-18)32-12-17(27)19(21(28)29-2)20-23-15-8-3-4-9-16(15)24-20/h3-10,27H,11-12H2,1-2H3,(H,23,24)/b19-17+. The fourth-order valence-corrected chi connectivity index (χ4v) is 3.59. The van der Waals surface area contributed by atoms with Crippen LogP contribution in [0.1, 0.15) is 17.3 Å². The second-order valence-corrected chi connectivity index (χ2v) is 7.70. The number of methoxy groups -OCH3 is 1. The van der Waals surface area contributed by atoms with Crippen molar-refractivity contribution in [3.05, 3.63) is 71.6 Å². The summed E-state index contributed by atoms with van der Waals surface area (Å²) in [5, 5.41) is 18.7. The zero-order chi connectivity index (χ0) is 22.5. The number of H-pyrrole nitrogens is 1.